The fraction of sp³-hybridized carbons (Fsp3) is 0.500. The van der Waals surface area contributed by atoms with Crippen molar-refractivity contribution in [3.8, 4) is 11.6 Å². The van der Waals surface area contributed by atoms with Gasteiger partial charge in [0.05, 0.1) is 16.2 Å². The van der Waals surface area contributed by atoms with Crippen LogP contribution in [0.15, 0.2) is 34.9 Å². The summed E-state index contributed by atoms with van der Waals surface area (Å²) >= 11 is 3.64. The summed E-state index contributed by atoms with van der Waals surface area (Å²) in [5.41, 5.74) is 2.70. The highest BCUT2D eigenvalue weighted by Gasteiger charge is 2.24. The summed E-state index contributed by atoms with van der Waals surface area (Å²) in [5.74, 6) is 1.14. The smallest absolute Gasteiger partial charge is 0.223 e. The molecular formula is C22H29BrN6O3S. The molecule has 0 atom stereocenters. The predicted molar refractivity (Wildman–Crippen MR) is 131 cm³/mol. The number of ether oxygens (including phenoxy) is 1. The van der Waals surface area contributed by atoms with Crippen LogP contribution in [0.5, 0.6) is 11.6 Å². The van der Waals surface area contributed by atoms with Crippen LogP contribution in [-0.4, -0.2) is 70.0 Å². The monoisotopic (exact) mass is 536 g/mol. The third-order valence-electron chi connectivity index (χ3n) is 5.47. The number of sulfonamides is 1. The first-order valence-electron chi connectivity index (χ1n) is 10.8. The van der Waals surface area contributed by atoms with Gasteiger partial charge in [-0.2, -0.15) is 4.31 Å². The van der Waals surface area contributed by atoms with E-state index in [0.717, 1.165) is 27.6 Å². The van der Waals surface area contributed by atoms with Crippen LogP contribution in [0.4, 0.5) is 0 Å². The first-order chi connectivity index (χ1) is 15.5. The van der Waals surface area contributed by atoms with E-state index in [-0.39, 0.29) is 5.41 Å². The lowest BCUT2D eigenvalue weighted by Gasteiger charge is -2.33. The Balaban J connectivity index is 1.52. The van der Waals surface area contributed by atoms with Gasteiger partial charge < -0.3 is 4.74 Å². The van der Waals surface area contributed by atoms with Crippen molar-refractivity contribution in [3.05, 3.63) is 40.5 Å². The molecule has 0 N–H and O–H groups in total. The van der Waals surface area contributed by atoms with Crippen molar-refractivity contribution in [3.63, 3.8) is 0 Å². The number of halogens is 1. The Morgan fingerprint density at radius 1 is 1.12 bits per heavy atom. The highest BCUT2D eigenvalue weighted by Crippen LogP contribution is 2.36. The zero-order valence-electron chi connectivity index (χ0n) is 19.3. The molecule has 0 amide bonds. The molecule has 0 radical (unpaired) electrons. The lowest BCUT2D eigenvalue weighted by Crippen LogP contribution is -2.47. The van der Waals surface area contributed by atoms with Gasteiger partial charge in [0.25, 0.3) is 0 Å². The molecular weight excluding hydrogens is 508 g/mol. The van der Waals surface area contributed by atoms with Gasteiger partial charge in [-0.05, 0) is 39.5 Å². The molecule has 178 valence electrons. The summed E-state index contributed by atoms with van der Waals surface area (Å²) in [6.07, 6.45) is 2.96. The van der Waals surface area contributed by atoms with E-state index < -0.39 is 10.0 Å². The number of piperazine rings is 1. The van der Waals surface area contributed by atoms with Crippen LogP contribution in [0.3, 0.4) is 0 Å². The number of benzene rings is 1. The fourth-order valence-corrected chi connectivity index (χ4v) is 5.15. The number of hydrogen-bond donors (Lipinski definition) is 0. The van der Waals surface area contributed by atoms with E-state index in [1.165, 1.54) is 10.6 Å². The SMILES string of the molecule is CC(C)(C)Cn1nnc2c(Br)c(Oc3ncccc3CN3CCN(S(C)(=O)=O)CC3)ccc21. The van der Waals surface area contributed by atoms with Gasteiger partial charge in [-0.15, -0.1) is 5.10 Å². The molecule has 1 aliphatic heterocycles. The molecule has 0 aliphatic carbocycles. The van der Waals surface area contributed by atoms with E-state index in [0.29, 0.717) is 44.4 Å². The minimum atomic E-state index is -3.15. The molecule has 1 fully saturated rings. The van der Waals surface area contributed by atoms with Gasteiger partial charge in [-0.25, -0.2) is 18.1 Å². The number of rotatable bonds is 6. The molecule has 2 aromatic heterocycles. The van der Waals surface area contributed by atoms with Crippen molar-refractivity contribution < 1.29 is 13.2 Å². The maximum atomic E-state index is 11.8. The van der Waals surface area contributed by atoms with Gasteiger partial charge in [0.15, 0.2) is 0 Å². The zero-order valence-corrected chi connectivity index (χ0v) is 21.7. The number of hydrogen-bond acceptors (Lipinski definition) is 7. The Morgan fingerprint density at radius 3 is 2.52 bits per heavy atom. The van der Waals surface area contributed by atoms with E-state index in [9.17, 15) is 8.42 Å². The molecule has 9 nitrogen and oxygen atoms in total. The summed E-state index contributed by atoms with van der Waals surface area (Å²) < 4.78 is 33.9. The molecule has 1 saturated heterocycles. The van der Waals surface area contributed by atoms with E-state index in [4.69, 9.17) is 4.74 Å². The number of aromatic nitrogens is 4. The van der Waals surface area contributed by atoms with Gasteiger partial charge in [0.2, 0.25) is 15.9 Å². The van der Waals surface area contributed by atoms with Gasteiger partial charge in [-0.1, -0.05) is 32.1 Å². The molecule has 0 saturated carbocycles. The summed E-state index contributed by atoms with van der Waals surface area (Å²) in [6.45, 7) is 10.2. The molecule has 0 bridgehead atoms. The van der Waals surface area contributed by atoms with Crippen molar-refractivity contribution >= 4 is 37.0 Å². The van der Waals surface area contributed by atoms with Gasteiger partial charge in [0, 0.05) is 51.0 Å². The zero-order chi connectivity index (χ0) is 23.8. The van der Waals surface area contributed by atoms with Gasteiger partial charge in [0.1, 0.15) is 11.3 Å². The second-order valence-corrected chi connectivity index (χ2v) is 12.3. The Kier molecular flexibility index (Phi) is 6.77. The van der Waals surface area contributed by atoms with Gasteiger partial charge >= 0.3 is 0 Å². The maximum Gasteiger partial charge on any atom is 0.223 e. The van der Waals surface area contributed by atoms with Crippen LogP contribution in [0.1, 0.15) is 26.3 Å². The predicted octanol–water partition coefficient (Wildman–Crippen LogP) is 3.50. The molecule has 3 aromatic rings. The van der Waals surface area contributed by atoms with Crippen molar-refractivity contribution in [2.45, 2.75) is 33.9 Å². The second-order valence-electron chi connectivity index (χ2n) is 9.56. The molecule has 0 unspecified atom stereocenters. The largest absolute Gasteiger partial charge is 0.437 e. The van der Waals surface area contributed by atoms with Crippen LogP contribution in [0, 0.1) is 5.41 Å². The highest BCUT2D eigenvalue weighted by atomic mass is 79.9. The molecule has 1 aromatic carbocycles. The average Bonchev–Trinajstić information content (AvgIpc) is 3.13. The third kappa shape index (κ3) is 5.71. The first kappa shape index (κ1) is 24.1. The molecule has 33 heavy (non-hydrogen) atoms. The van der Waals surface area contributed by atoms with Crippen LogP contribution >= 0.6 is 15.9 Å². The number of nitrogens with zero attached hydrogens (tertiary/aromatic N) is 6. The lowest BCUT2D eigenvalue weighted by atomic mass is 9.97. The summed E-state index contributed by atoms with van der Waals surface area (Å²) in [5, 5.41) is 8.67. The molecule has 11 heteroatoms. The molecule has 4 rings (SSSR count). The van der Waals surface area contributed by atoms with Crippen LogP contribution < -0.4 is 4.74 Å². The second kappa shape index (κ2) is 9.28. The van der Waals surface area contributed by atoms with Crippen molar-refractivity contribution in [1.29, 1.82) is 0 Å². The Bertz CT molecular complexity index is 1250. The Morgan fingerprint density at radius 2 is 1.85 bits per heavy atom. The number of fused-ring (bicyclic) bond motifs is 1. The van der Waals surface area contributed by atoms with Crippen molar-refractivity contribution in [2.24, 2.45) is 5.41 Å². The Labute approximate surface area is 202 Å². The van der Waals surface area contributed by atoms with E-state index in [1.807, 2.05) is 28.9 Å². The minimum absolute atomic E-state index is 0.0813. The topological polar surface area (TPSA) is 93.4 Å². The van der Waals surface area contributed by atoms with Gasteiger partial charge in [-0.3, -0.25) is 4.90 Å². The highest BCUT2D eigenvalue weighted by molar-refractivity contribution is 9.10. The third-order valence-corrected chi connectivity index (χ3v) is 7.53. The van der Waals surface area contributed by atoms with E-state index in [1.54, 1.807) is 6.20 Å². The first-order valence-corrected chi connectivity index (χ1v) is 13.5. The summed E-state index contributed by atoms with van der Waals surface area (Å²) in [4.78, 5) is 6.66. The number of pyridine rings is 1. The normalized spacial score (nSPS) is 16.4. The molecule has 3 heterocycles. The van der Waals surface area contributed by atoms with Crippen molar-refractivity contribution in [1.82, 2.24) is 29.2 Å². The summed E-state index contributed by atoms with van der Waals surface area (Å²) in [6, 6.07) is 7.73. The summed E-state index contributed by atoms with van der Waals surface area (Å²) in [7, 11) is -3.15. The fourth-order valence-electron chi connectivity index (χ4n) is 3.83. The minimum Gasteiger partial charge on any atom is -0.437 e. The van der Waals surface area contributed by atoms with E-state index >= 15 is 0 Å². The van der Waals surface area contributed by atoms with Crippen LogP contribution in [0.25, 0.3) is 11.0 Å². The average molecular weight is 537 g/mol. The van der Waals surface area contributed by atoms with Crippen LogP contribution in [-0.2, 0) is 23.1 Å². The molecule has 0 spiro atoms. The molecule has 1 aliphatic rings. The van der Waals surface area contributed by atoms with Crippen molar-refractivity contribution in [2.75, 3.05) is 32.4 Å². The lowest BCUT2D eigenvalue weighted by molar-refractivity contribution is 0.180. The van der Waals surface area contributed by atoms with Crippen LogP contribution in [0.2, 0.25) is 0 Å². The van der Waals surface area contributed by atoms with E-state index in [2.05, 4.69) is 56.9 Å². The quantitative estimate of drug-likeness (QED) is 0.475. The Hall–Kier alpha value is -2.08. The maximum absolute atomic E-state index is 11.8. The standard InChI is InChI=1S/C22H29BrN6O3S/c1-22(2,3)15-29-17-7-8-18(19(23)20(17)25-26-29)32-21-16(6-5-9-24-21)14-27-10-12-28(13-11-27)33(4,30)31/h5-9H,10-15H2,1-4H3.